The number of Topliss-reactive ketones (excluding diaryl/α,β-unsaturated/α-hetero) is 1. The summed E-state index contributed by atoms with van der Waals surface area (Å²) in [7, 11) is 0. The summed E-state index contributed by atoms with van der Waals surface area (Å²) in [4.78, 5) is 41.1. The summed E-state index contributed by atoms with van der Waals surface area (Å²) in [5.74, 6) is -0.916. The summed E-state index contributed by atoms with van der Waals surface area (Å²) < 4.78 is 0. The van der Waals surface area contributed by atoms with E-state index >= 15 is 0 Å². The fourth-order valence-corrected chi connectivity index (χ4v) is 4.64. The van der Waals surface area contributed by atoms with E-state index < -0.39 is 12.0 Å². The molecule has 35 heavy (non-hydrogen) atoms. The van der Waals surface area contributed by atoms with Crippen LogP contribution in [0.3, 0.4) is 0 Å². The van der Waals surface area contributed by atoms with Gasteiger partial charge in [-0.3, -0.25) is 9.79 Å². The van der Waals surface area contributed by atoms with Crippen molar-refractivity contribution in [2.75, 3.05) is 13.1 Å². The molecule has 1 aliphatic heterocycles. The van der Waals surface area contributed by atoms with Crippen LogP contribution in [-0.4, -0.2) is 58.1 Å². The zero-order chi connectivity index (χ0) is 25.5. The van der Waals surface area contributed by atoms with Gasteiger partial charge in [0.05, 0.1) is 5.57 Å². The van der Waals surface area contributed by atoms with Gasteiger partial charge in [-0.15, -0.1) is 0 Å². The van der Waals surface area contributed by atoms with Gasteiger partial charge >= 0.3 is 5.97 Å². The number of hydrogen-bond donors (Lipinski definition) is 2. The SMILES string of the molecule is CC.CC(=N[C@@H](Cc1ccc(C2CCN([C-]=O)CC2)cc1)C(=O)O)C1=C(O)CC(C)(C)CC1=O.[Fm]. The number of aliphatic imine (C=N–C) groups is 1. The van der Waals surface area contributed by atoms with Crippen LogP contribution < -0.4 is 0 Å². The molecule has 1 aromatic carbocycles. The number of hydrogen-bond acceptors (Lipinski definition) is 5. The molecule has 0 saturated carbocycles. The van der Waals surface area contributed by atoms with Crippen LogP contribution in [0.5, 0.6) is 0 Å². The minimum absolute atomic E-state index is 0. The van der Waals surface area contributed by atoms with Crippen molar-refractivity contribution >= 4 is 23.9 Å². The van der Waals surface area contributed by atoms with Crippen LogP contribution in [0.2, 0.25) is 0 Å². The Bertz CT molecular complexity index is 945. The topological polar surface area (TPSA) is 107 Å². The Kier molecular flexibility index (Phi) is 10.4. The zero-order valence-corrected chi connectivity index (χ0v) is 23.6. The second-order valence-electron chi connectivity index (χ2n) is 9.63. The number of aliphatic carboxylic acids is 1. The molecule has 3 rings (SSSR count). The first kappa shape index (κ1) is 29.1. The van der Waals surface area contributed by atoms with Gasteiger partial charge in [0.25, 0.3) is 0 Å². The standard InChI is InChI=1S/C25H31N2O5.C2H6.Fm/c1-16(23-21(29)13-25(2,3)14-22(23)30)26-20(24(31)32)12-17-4-6-18(7-5-17)19-8-10-27(15-28)11-9-19;1-2;/h4-7,19-20,29H,8-14H2,1-3H3,(H,31,32);1-2H3;/q-1;;/t20-;;/m0../s1. The third kappa shape index (κ3) is 7.52. The number of carbonyl (C=O) groups is 2. The Balaban J connectivity index is 0.00000199. The quantitative estimate of drug-likeness (QED) is 0.316. The predicted molar refractivity (Wildman–Crippen MR) is 133 cm³/mol. The number of ketones is 1. The first-order valence-electron chi connectivity index (χ1n) is 12.0. The van der Waals surface area contributed by atoms with Gasteiger partial charge in [0.1, 0.15) is 5.76 Å². The van der Waals surface area contributed by atoms with Gasteiger partial charge < -0.3 is 19.9 Å². The number of carboxylic acids is 1. The monoisotopic (exact) mass is 726 g/mol. The van der Waals surface area contributed by atoms with Crippen LogP contribution in [0.1, 0.15) is 77.3 Å². The Morgan fingerprint density at radius 3 is 2.23 bits per heavy atom. The maximum absolute atomic E-state index is 12.5. The van der Waals surface area contributed by atoms with Gasteiger partial charge in [-0.1, -0.05) is 52.0 Å². The number of benzene rings is 1. The zero-order valence-electron chi connectivity index (χ0n) is 21.2. The summed E-state index contributed by atoms with van der Waals surface area (Å²) >= 11 is 0. The maximum atomic E-state index is 12.5. The first-order valence-corrected chi connectivity index (χ1v) is 12.0. The molecule has 198 valence electrons. The van der Waals surface area contributed by atoms with Crippen molar-refractivity contribution in [1.82, 2.24) is 4.90 Å². The molecule has 0 aromatic heterocycles. The number of rotatable bonds is 7. The molecule has 1 aromatic rings. The molecule has 1 saturated heterocycles. The average molecular weight is 727 g/mol. The molecule has 1 atom stereocenters. The van der Waals surface area contributed by atoms with E-state index in [0.717, 1.165) is 18.4 Å². The van der Waals surface area contributed by atoms with E-state index in [1.165, 1.54) is 5.56 Å². The normalized spacial score (nSPS) is 19.3. The molecule has 1 heterocycles. The summed E-state index contributed by atoms with van der Waals surface area (Å²) in [5.41, 5.74) is 2.12. The van der Waals surface area contributed by atoms with Crippen molar-refractivity contribution < 1.29 is 24.6 Å². The fourth-order valence-electron chi connectivity index (χ4n) is 4.64. The van der Waals surface area contributed by atoms with Crippen LogP contribution in [0.25, 0.3) is 0 Å². The van der Waals surface area contributed by atoms with E-state index in [-0.39, 0.29) is 34.7 Å². The maximum Gasteiger partial charge on any atom is 0.328 e. The molecule has 2 aliphatic rings. The number of piperidine rings is 1. The van der Waals surface area contributed by atoms with E-state index in [0.29, 0.717) is 31.8 Å². The Hall–Kier alpha value is -3.96. The van der Waals surface area contributed by atoms with E-state index in [1.807, 2.05) is 58.4 Å². The van der Waals surface area contributed by atoms with Crippen molar-refractivity contribution in [3.05, 3.63) is 46.7 Å². The number of nitrogens with zero attached hydrogens (tertiary/aromatic N) is 2. The average Bonchev–Trinajstić information content (AvgIpc) is 2.79. The number of carbonyl (C=O) groups excluding carboxylic acids is 2. The molecule has 1 fully saturated rings. The minimum atomic E-state index is -1.07. The molecular weight excluding hydrogens is 689 g/mol. The third-order valence-electron chi connectivity index (χ3n) is 6.35. The van der Waals surface area contributed by atoms with E-state index in [2.05, 4.69) is 4.99 Å². The van der Waals surface area contributed by atoms with Crippen LogP contribution in [0, 0.1) is 5.41 Å². The smallest absolute Gasteiger partial charge is 0.328 e. The molecule has 0 bridgehead atoms. The number of aliphatic hydroxyl groups excluding tert-OH is 1. The van der Waals surface area contributed by atoms with E-state index in [4.69, 9.17) is 0 Å². The molecule has 0 spiro atoms. The molecule has 8 heteroatoms. The van der Waals surface area contributed by atoms with Crippen LogP contribution >= 0.6 is 0 Å². The second-order valence-corrected chi connectivity index (χ2v) is 9.63. The van der Waals surface area contributed by atoms with Crippen LogP contribution in [0.15, 0.2) is 40.6 Å². The van der Waals surface area contributed by atoms with Gasteiger partial charge in [-0.05, 0) is 55.3 Å². The van der Waals surface area contributed by atoms with Crippen LogP contribution in [0.4, 0.5) is 0 Å². The molecular formula is C27H37FmN2O5-. The van der Waals surface area contributed by atoms with E-state index in [1.54, 1.807) is 11.8 Å². The molecule has 7 nitrogen and oxygen atoms in total. The van der Waals surface area contributed by atoms with Crippen molar-refractivity contribution in [2.45, 2.75) is 78.7 Å². The summed E-state index contributed by atoms with van der Waals surface area (Å²) in [6.45, 7) is 10.8. The van der Waals surface area contributed by atoms with Crippen molar-refractivity contribution in [1.29, 1.82) is 0 Å². The summed E-state index contributed by atoms with van der Waals surface area (Å²) in [6.07, 6.45) is 4.57. The van der Waals surface area contributed by atoms with Crippen LogP contribution in [-0.2, 0) is 20.8 Å². The van der Waals surface area contributed by atoms with Gasteiger partial charge in [-0.25, -0.2) is 4.79 Å². The molecule has 0 radical (unpaired) electrons. The van der Waals surface area contributed by atoms with Crippen molar-refractivity contribution in [3.63, 3.8) is 0 Å². The van der Waals surface area contributed by atoms with E-state index in [9.17, 15) is 24.6 Å². The Labute approximate surface area is 202 Å². The van der Waals surface area contributed by atoms with Gasteiger partial charge in [0.2, 0.25) is 0 Å². The summed E-state index contributed by atoms with van der Waals surface area (Å²) in [6, 6.07) is 6.81. The summed E-state index contributed by atoms with van der Waals surface area (Å²) in [5, 5.41) is 20.1. The van der Waals surface area contributed by atoms with Crippen molar-refractivity contribution in [3.8, 4) is 0 Å². The predicted octanol–water partition coefficient (Wildman–Crippen LogP) is 4.62. The number of amides is 1. The fraction of sp³-hybridized carbons (Fsp3) is 0.556. The number of likely N-dealkylation sites (tertiary alicyclic amines) is 1. The number of carboxylic acid groups (broad SMARTS) is 1. The Morgan fingerprint density at radius 1 is 1.17 bits per heavy atom. The second kappa shape index (κ2) is 12.5. The first-order chi connectivity index (χ1) is 16.1. The van der Waals surface area contributed by atoms with Gasteiger partial charge in [-0.2, -0.15) is 6.41 Å². The largest absolute Gasteiger partial charge is 0.520 e. The Morgan fingerprint density at radius 2 is 1.74 bits per heavy atom. The molecule has 2 N–H and O–H groups in total. The minimum Gasteiger partial charge on any atom is -0.520 e. The third-order valence-corrected chi connectivity index (χ3v) is 6.35. The molecule has 0 unspecified atom stereocenters. The van der Waals surface area contributed by atoms with Gasteiger partial charge in [0.15, 0.2) is 11.8 Å². The van der Waals surface area contributed by atoms with Crippen molar-refractivity contribution in [2.24, 2.45) is 10.4 Å². The molecule has 1 aliphatic carbocycles. The number of aliphatic hydroxyl groups is 1. The molecule has 1 amide bonds. The number of allylic oxidation sites excluding steroid dienone is 2. The van der Waals surface area contributed by atoms with Gasteiger partial charge in [0, 0.05) is 25.0 Å².